The molecule has 0 nitrogen and oxygen atoms in total. The number of halogens is 2. The summed E-state index contributed by atoms with van der Waals surface area (Å²) in [6.45, 7) is 4.11. The van der Waals surface area contributed by atoms with Gasteiger partial charge in [0.15, 0.2) is 0 Å². The molecule has 0 aromatic heterocycles. The minimum Gasteiger partial charge on any atom is -0.244 e. The Morgan fingerprint density at radius 2 is 1.38 bits per heavy atom. The maximum Gasteiger partial charge on any atom is 0.134 e. The maximum absolute atomic E-state index is 14.0. The normalized spacial score (nSPS) is 50.2. The Morgan fingerprint density at radius 3 is 2.00 bits per heavy atom. The first-order valence-electron chi connectivity index (χ1n) is 6.87. The van der Waals surface area contributed by atoms with Gasteiger partial charge in [-0.25, -0.2) is 8.78 Å². The molecule has 0 aromatic rings. The second-order valence-corrected chi connectivity index (χ2v) is 6.13. The molecule has 0 amide bonds. The Morgan fingerprint density at radius 1 is 0.750 bits per heavy atom. The zero-order valence-electron chi connectivity index (χ0n) is 10.5. The van der Waals surface area contributed by atoms with Crippen LogP contribution in [0.15, 0.2) is 0 Å². The highest BCUT2D eigenvalue weighted by Gasteiger charge is 2.42. The minimum absolute atomic E-state index is 0.0127. The Kier molecular flexibility index (Phi) is 3.86. The van der Waals surface area contributed by atoms with Crippen LogP contribution in [0.25, 0.3) is 0 Å². The largest absolute Gasteiger partial charge is 0.244 e. The lowest BCUT2D eigenvalue weighted by Gasteiger charge is -2.40. The molecule has 16 heavy (non-hydrogen) atoms. The summed E-state index contributed by atoms with van der Waals surface area (Å²) >= 11 is 0. The summed E-state index contributed by atoms with van der Waals surface area (Å²) in [5.41, 5.74) is 0. The highest BCUT2D eigenvalue weighted by atomic mass is 19.2. The molecule has 0 aliphatic heterocycles. The van der Waals surface area contributed by atoms with E-state index in [1.165, 1.54) is 12.8 Å². The van der Waals surface area contributed by atoms with Gasteiger partial charge in [-0.1, -0.05) is 26.7 Å². The van der Waals surface area contributed by atoms with Crippen molar-refractivity contribution in [3.8, 4) is 0 Å². The number of hydrogen-bond acceptors (Lipinski definition) is 0. The third kappa shape index (κ3) is 2.41. The second-order valence-electron chi connectivity index (χ2n) is 6.13. The smallest absolute Gasteiger partial charge is 0.134 e. The van der Waals surface area contributed by atoms with Crippen molar-refractivity contribution in [2.75, 3.05) is 0 Å². The standard InChI is InChI=1S/C14H24F2/c1-9-3-6-11(7-4-9)12-8-5-10(2)13(15)14(12)16/h9-14H,3-8H2,1-2H3/t9?,10?,11?,12-,13?,14?/m0/s1. The van der Waals surface area contributed by atoms with Gasteiger partial charge in [0.25, 0.3) is 0 Å². The van der Waals surface area contributed by atoms with Gasteiger partial charge < -0.3 is 0 Å². The highest BCUT2D eigenvalue weighted by molar-refractivity contribution is 4.90. The summed E-state index contributed by atoms with van der Waals surface area (Å²) in [5, 5.41) is 0. The SMILES string of the molecule is CC1CCC([C@@H]2CCC(C)C(F)C2F)CC1. The fraction of sp³-hybridized carbons (Fsp3) is 1.00. The van der Waals surface area contributed by atoms with E-state index >= 15 is 0 Å². The van der Waals surface area contributed by atoms with Crippen molar-refractivity contribution in [3.63, 3.8) is 0 Å². The Balaban J connectivity index is 1.94. The van der Waals surface area contributed by atoms with Gasteiger partial charge in [-0.3, -0.25) is 0 Å². The van der Waals surface area contributed by atoms with Gasteiger partial charge in [0.05, 0.1) is 0 Å². The summed E-state index contributed by atoms with van der Waals surface area (Å²) in [6.07, 6.45) is 4.03. The van der Waals surface area contributed by atoms with E-state index in [4.69, 9.17) is 0 Å². The zero-order chi connectivity index (χ0) is 11.7. The molecule has 2 fully saturated rings. The van der Waals surface area contributed by atoms with Crippen molar-refractivity contribution in [2.24, 2.45) is 23.7 Å². The molecular formula is C14H24F2. The summed E-state index contributed by atoms with van der Waals surface area (Å²) in [4.78, 5) is 0. The van der Waals surface area contributed by atoms with Crippen LogP contribution in [0, 0.1) is 23.7 Å². The fourth-order valence-electron chi connectivity index (χ4n) is 3.53. The Labute approximate surface area is 97.8 Å². The summed E-state index contributed by atoms with van der Waals surface area (Å²) in [7, 11) is 0. The van der Waals surface area contributed by atoms with Gasteiger partial charge in [-0.05, 0) is 49.4 Å². The highest BCUT2D eigenvalue weighted by Crippen LogP contribution is 2.43. The lowest BCUT2D eigenvalue weighted by atomic mass is 9.68. The molecule has 4 atom stereocenters. The van der Waals surface area contributed by atoms with Crippen LogP contribution in [0.3, 0.4) is 0 Å². The molecular weight excluding hydrogens is 206 g/mol. The van der Waals surface area contributed by atoms with Crippen molar-refractivity contribution in [3.05, 3.63) is 0 Å². The second kappa shape index (κ2) is 5.01. The van der Waals surface area contributed by atoms with E-state index in [1.54, 1.807) is 0 Å². The molecule has 0 N–H and O–H groups in total. The molecule has 2 saturated carbocycles. The van der Waals surface area contributed by atoms with Crippen LogP contribution < -0.4 is 0 Å². The summed E-state index contributed by atoms with van der Waals surface area (Å²) in [6, 6.07) is 0. The van der Waals surface area contributed by atoms with Crippen molar-refractivity contribution in [1.29, 1.82) is 0 Å². The van der Waals surface area contributed by atoms with Gasteiger partial charge >= 0.3 is 0 Å². The van der Waals surface area contributed by atoms with Crippen LogP contribution in [0.1, 0.15) is 52.4 Å². The molecule has 2 aliphatic carbocycles. The van der Waals surface area contributed by atoms with Gasteiger partial charge in [0, 0.05) is 0 Å². The summed E-state index contributed by atoms with van der Waals surface area (Å²) < 4.78 is 27.7. The molecule has 0 saturated heterocycles. The first kappa shape index (κ1) is 12.3. The van der Waals surface area contributed by atoms with Crippen molar-refractivity contribution in [2.45, 2.75) is 64.7 Å². The quantitative estimate of drug-likeness (QED) is 0.620. The monoisotopic (exact) mass is 230 g/mol. The van der Waals surface area contributed by atoms with E-state index in [0.717, 1.165) is 31.6 Å². The zero-order valence-corrected chi connectivity index (χ0v) is 10.5. The average molecular weight is 230 g/mol. The van der Waals surface area contributed by atoms with Gasteiger partial charge in [0.2, 0.25) is 0 Å². The molecule has 2 aliphatic rings. The van der Waals surface area contributed by atoms with Crippen LogP contribution in [-0.2, 0) is 0 Å². The van der Waals surface area contributed by atoms with Gasteiger partial charge in [-0.2, -0.15) is 0 Å². The lowest BCUT2D eigenvalue weighted by Crippen LogP contribution is -2.41. The van der Waals surface area contributed by atoms with Crippen LogP contribution >= 0.6 is 0 Å². The van der Waals surface area contributed by atoms with Crippen LogP contribution in [0.4, 0.5) is 8.78 Å². The van der Waals surface area contributed by atoms with Crippen LogP contribution in [-0.4, -0.2) is 12.3 Å². The van der Waals surface area contributed by atoms with Crippen molar-refractivity contribution >= 4 is 0 Å². The molecule has 3 unspecified atom stereocenters. The number of hydrogen-bond donors (Lipinski definition) is 0. The minimum atomic E-state index is -1.21. The van der Waals surface area contributed by atoms with Gasteiger partial charge in [-0.15, -0.1) is 0 Å². The first-order chi connectivity index (χ1) is 7.59. The van der Waals surface area contributed by atoms with Crippen LogP contribution in [0.2, 0.25) is 0 Å². The van der Waals surface area contributed by atoms with Crippen molar-refractivity contribution in [1.82, 2.24) is 0 Å². The van der Waals surface area contributed by atoms with Crippen molar-refractivity contribution < 1.29 is 8.78 Å². The first-order valence-corrected chi connectivity index (χ1v) is 6.87. The van der Waals surface area contributed by atoms with E-state index in [-0.39, 0.29) is 11.8 Å². The Hall–Kier alpha value is -0.140. The molecule has 0 radical (unpaired) electrons. The molecule has 0 aromatic carbocycles. The topological polar surface area (TPSA) is 0 Å². The molecule has 0 spiro atoms. The third-order valence-electron chi connectivity index (χ3n) is 4.88. The predicted molar refractivity (Wildman–Crippen MR) is 62.8 cm³/mol. The van der Waals surface area contributed by atoms with E-state index in [0.29, 0.717) is 5.92 Å². The lowest BCUT2D eigenvalue weighted by molar-refractivity contribution is -0.00577. The third-order valence-corrected chi connectivity index (χ3v) is 4.88. The molecule has 0 heterocycles. The summed E-state index contributed by atoms with van der Waals surface area (Å²) in [5.74, 6) is 1.18. The van der Waals surface area contributed by atoms with E-state index in [1.807, 2.05) is 6.92 Å². The van der Waals surface area contributed by atoms with Gasteiger partial charge in [0.1, 0.15) is 12.3 Å². The average Bonchev–Trinajstić information content (AvgIpc) is 2.28. The van der Waals surface area contributed by atoms with E-state index in [2.05, 4.69) is 6.92 Å². The van der Waals surface area contributed by atoms with E-state index < -0.39 is 12.3 Å². The molecule has 0 bridgehead atoms. The maximum atomic E-state index is 14.0. The fourth-order valence-corrected chi connectivity index (χ4v) is 3.53. The Bertz CT molecular complexity index is 221. The molecule has 94 valence electrons. The molecule has 2 heteroatoms. The van der Waals surface area contributed by atoms with Crippen LogP contribution in [0.5, 0.6) is 0 Å². The molecule has 2 rings (SSSR count). The predicted octanol–water partition coefficient (Wildman–Crippen LogP) is 4.54. The number of alkyl halides is 2. The number of rotatable bonds is 1. The van der Waals surface area contributed by atoms with E-state index in [9.17, 15) is 8.78 Å².